The van der Waals surface area contributed by atoms with Crippen LogP contribution in [0.15, 0.2) is 48.8 Å². The third kappa shape index (κ3) is 7.62. The van der Waals surface area contributed by atoms with Crippen LogP contribution in [0.4, 0.5) is 21.6 Å². The predicted octanol–water partition coefficient (Wildman–Crippen LogP) is 5.63. The summed E-state index contributed by atoms with van der Waals surface area (Å²) in [4.78, 5) is 26.8. The van der Waals surface area contributed by atoms with E-state index in [2.05, 4.69) is 37.4 Å². The molecule has 1 saturated carbocycles. The molecule has 11 heteroatoms. The minimum Gasteiger partial charge on any atom is -0.491 e. The van der Waals surface area contributed by atoms with Crippen molar-refractivity contribution in [2.24, 2.45) is 5.92 Å². The Hall–Kier alpha value is -3.31. The second-order valence-electron chi connectivity index (χ2n) is 11.7. The molecule has 43 heavy (non-hydrogen) atoms. The number of anilines is 3. The van der Waals surface area contributed by atoms with Crippen LogP contribution in [-0.4, -0.2) is 84.3 Å². The Kier molecular flexibility index (Phi) is 9.37. The zero-order valence-corrected chi connectivity index (χ0v) is 25.2. The van der Waals surface area contributed by atoms with E-state index in [1.807, 2.05) is 18.2 Å². The fourth-order valence-corrected chi connectivity index (χ4v) is 5.94. The second kappa shape index (κ2) is 13.5. The number of rotatable bonds is 11. The van der Waals surface area contributed by atoms with Crippen LogP contribution in [0.2, 0.25) is 5.02 Å². The molecule has 1 unspecified atom stereocenters. The third-order valence-corrected chi connectivity index (χ3v) is 8.85. The third-order valence-electron chi connectivity index (χ3n) is 8.56. The fraction of sp³-hybridized carbons (Fsp3) is 0.469. The number of nitrogens with one attached hydrogen (secondary N) is 2. The number of aromatic nitrogens is 2. The lowest BCUT2D eigenvalue weighted by Crippen LogP contribution is -2.47. The van der Waals surface area contributed by atoms with Gasteiger partial charge in [-0.3, -0.25) is 14.6 Å². The lowest BCUT2D eigenvalue weighted by atomic mass is 10.0. The van der Waals surface area contributed by atoms with Crippen LogP contribution in [-0.2, 0) is 9.53 Å². The van der Waals surface area contributed by atoms with Crippen molar-refractivity contribution in [1.29, 1.82) is 0 Å². The second-order valence-corrected chi connectivity index (χ2v) is 12.1. The van der Waals surface area contributed by atoms with Crippen molar-refractivity contribution in [2.75, 3.05) is 57.1 Å². The molecular formula is C32H38ClFN6O3. The first kappa shape index (κ1) is 29.7. The molecule has 1 atom stereocenters. The zero-order valence-electron chi connectivity index (χ0n) is 24.4. The van der Waals surface area contributed by atoms with Crippen LogP contribution in [0.5, 0.6) is 5.75 Å². The number of likely N-dealkylation sites (N-methyl/N-ethyl adjacent to an activating group) is 1. The van der Waals surface area contributed by atoms with Gasteiger partial charge in [0.15, 0.2) is 0 Å². The van der Waals surface area contributed by atoms with Gasteiger partial charge in [0.05, 0.1) is 29.4 Å². The van der Waals surface area contributed by atoms with Crippen LogP contribution < -0.4 is 15.4 Å². The van der Waals surface area contributed by atoms with E-state index in [1.54, 1.807) is 12.1 Å². The van der Waals surface area contributed by atoms with E-state index in [9.17, 15) is 9.18 Å². The first-order chi connectivity index (χ1) is 20.9. The molecule has 0 bridgehead atoms. The Morgan fingerprint density at radius 2 is 2.02 bits per heavy atom. The van der Waals surface area contributed by atoms with Gasteiger partial charge in [0.2, 0.25) is 5.91 Å². The molecule has 3 aromatic rings. The highest BCUT2D eigenvalue weighted by molar-refractivity contribution is 6.31. The summed E-state index contributed by atoms with van der Waals surface area (Å²) in [5.74, 6) is 0.866. The quantitative estimate of drug-likeness (QED) is 0.271. The van der Waals surface area contributed by atoms with Gasteiger partial charge < -0.3 is 20.1 Å². The van der Waals surface area contributed by atoms with Crippen molar-refractivity contribution in [3.63, 3.8) is 0 Å². The minimum absolute atomic E-state index is 0.00847. The topological polar surface area (TPSA) is 91.9 Å². The van der Waals surface area contributed by atoms with Crippen LogP contribution in [0.25, 0.3) is 10.9 Å². The molecule has 3 fully saturated rings. The largest absolute Gasteiger partial charge is 0.491 e. The van der Waals surface area contributed by atoms with Gasteiger partial charge >= 0.3 is 0 Å². The van der Waals surface area contributed by atoms with Gasteiger partial charge in [0, 0.05) is 61.5 Å². The van der Waals surface area contributed by atoms with Crippen molar-refractivity contribution in [3.05, 3.63) is 59.7 Å². The number of piperidine rings is 1. The molecule has 3 aliphatic rings. The summed E-state index contributed by atoms with van der Waals surface area (Å²) in [6, 6.07) is 9.07. The Balaban J connectivity index is 1.12. The number of carbonyl (C=O) groups is 1. The van der Waals surface area contributed by atoms with E-state index in [1.165, 1.54) is 18.5 Å². The summed E-state index contributed by atoms with van der Waals surface area (Å²) in [6.45, 7) is 5.20. The van der Waals surface area contributed by atoms with Crippen molar-refractivity contribution in [1.82, 2.24) is 19.8 Å². The highest BCUT2D eigenvalue weighted by Crippen LogP contribution is 2.36. The van der Waals surface area contributed by atoms with Gasteiger partial charge in [0.25, 0.3) is 0 Å². The maximum absolute atomic E-state index is 13.7. The van der Waals surface area contributed by atoms with Crippen LogP contribution >= 0.6 is 11.6 Å². The monoisotopic (exact) mass is 608 g/mol. The van der Waals surface area contributed by atoms with Crippen LogP contribution in [0.3, 0.4) is 0 Å². The van der Waals surface area contributed by atoms with E-state index < -0.39 is 5.82 Å². The number of fused-ring (bicyclic) bond motifs is 1. The molecule has 0 radical (unpaired) electrons. The Morgan fingerprint density at radius 1 is 1.19 bits per heavy atom. The predicted molar refractivity (Wildman–Crippen MR) is 167 cm³/mol. The number of ether oxygens (including phenoxy) is 2. The van der Waals surface area contributed by atoms with Crippen molar-refractivity contribution < 1.29 is 18.7 Å². The first-order valence-electron chi connectivity index (χ1n) is 15.1. The summed E-state index contributed by atoms with van der Waals surface area (Å²) in [5.41, 5.74) is 1.77. The van der Waals surface area contributed by atoms with Crippen LogP contribution in [0, 0.1) is 11.7 Å². The van der Waals surface area contributed by atoms with Crippen LogP contribution in [0.1, 0.15) is 32.1 Å². The molecule has 2 aliphatic heterocycles. The molecule has 1 aliphatic carbocycles. The van der Waals surface area contributed by atoms with Crippen molar-refractivity contribution in [2.45, 2.75) is 44.2 Å². The normalized spacial score (nSPS) is 19.9. The summed E-state index contributed by atoms with van der Waals surface area (Å²) < 4.78 is 25.4. The van der Waals surface area contributed by atoms with Crippen molar-refractivity contribution in [3.8, 4) is 5.75 Å². The summed E-state index contributed by atoms with van der Waals surface area (Å²) in [5, 5.41) is 6.88. The standard InChI is InChI=1S/C32H38ClFN6O3/c1-39(23-8-12-40(13-9-23)24-10-14-42-19-24)11-2-3-31(41)38-29-16-25-28(17-30(29)43-18-21-4-5-21)35-20-36-32(25)37-22-6-7-27(34)26(33)15-22/h2-3,6-7,15-17,20-21,23-24H,4-5,8-14,18-19H2,1H3,(H,38,41)(H,35,36,37)/b3-2+. The molecule has 9 nitrogen and oxygen atoms in total. The van der Waals surface area contributed by atoms with Crippen molar-refractivity contribution >= 4 is 45.6 Å². The molecule has 1 aromatic heterocycles. The molecular weight excluding hydrogens is 571 g/mol. The number of carbonyl (C=O) groups excluding carboxylic acids is 1. The van der Waals surface area contributed by atoms with Gasteiger partial charge in [0.1, 0.15) is 23.7 Å². The number of amides is 1. The Labute approximate surface area is 256 Å². The van der Waals surface area contributed by atoms with E-state index >= 15 is 0 Å². The van der Waals surface area contributed by atoms with Gasteiger partial charge in [-0.25, -0.2) is 14.4 Å². The first-order valence-corrected chi connectivity index (χ1v) is 15.4. The molecule has 1 amide bonds. The highest BCUT2D eigenvalue weighted by atomic mass is 35.5. The van der Waals surface area contributed by atoms with E-state index in [4.69, 9.17) is 21.1 Å². The van der Waals surface area contributed by atoms with E-state index in [0.717, 1.165) is 58.4 Å². The number of nitrogens with zero attached hydrogens (tertiary/aromatic N) is 4. The maximum atomic E-state index is 13.7. The maximum Gasteiger partial charge on any atom is 0.248 e. The molecule has 3 heterocycles. The SMILES string of the molecule is CN(C/C=C/C(=O)Nc1cc2c(Nc3ccc(F)c(Cl)c3)ncnc2cc1OCC1CC1)C1CCN(C2CCOC2)CC1. The molecule has 2 saturated heterocycles. The molecule has 0 spiro atoms. The average Bonchev–Trinajstić information content (AvgIpc) is 3.68. The smallest absolute Gasteiger partial charge is 0.248 e. The molecule has 228 valence electrons. The van der Waals surface area contributed by atoms with E-state index in [-0.39, 0.29) is 10.9 Å². The summed E-state index contributed by atoms with van der Waals surface area (Å²) in [7, 11) is 2.12. The summed E-state index contributed by atoms with van der Waals surface area (Å²) >= 11 is 5.97. The number of halogens is 2. The van der Waals surface area contributed by atoms with Gasteiger partial charge in [-0.2, -0.15) is 0 Å². The average molecular weight is 609 g/mol. The van der Waals surface area contributed by atoms with Gasteiger partial charge in [-0.1, -0.05) is 17.7 Å². The Morgan fingerprint density at radius 3 is 2.77 bits per heavy atom. The van der Waals surface area contributed by atoms with Gasteiger partial charge in [-0.15, -0.1) is 0 Å². The fourth-order valence-electron chi connectivity index (χ4n) is 5.75. The molecule has 2 N–H and O–H groups in total. The Bertz CT molecular complexity index is 1470. The minimum atomic E-state index is -0.498. The number of hydrogen-bond donors (Lipinski definition) is 2. The number of hydrogen-bond acceptors (Lipinski definition) is 8. The molecule has 2 aromatic carbocycles. The zero-order chi connectivity index (χ0) is 29.8. The highest BCUT2D eigenvalue weighted by Gasteiger charge is 2.29. The lowest BCUT2D eigenvalue weighted by molar-refractivity contribution is -0.111. The molecule has 6 rings (SSSR count). The van der Waals surface area contributed by atoms with Gasteiger partial charge in [-0.05, 0) is 69.3 Å². The summed E-state index contributed by atoms with van der Waals surface area (Å²) in [6.07, 6.45) is 10.6. The lowest BCUT2D eigenvalue weighted by Gasteiger charge is -2.38. The van der Waals surface area contributed by atoms with E-state index in [0.29, 0.717) is 65.0 Å². The number of benzene rings is 2. The number of likely N-dealkylation sites (tertiary alicyclic amines) is 1.